The summed E-state index contributed by atoms with van der Waals surface area (Å²) < 4.78 is 1.11. The Morgan fingerprint density at radius 3 is 2.52 bits per heavy atom. The Bertz CT molecular complexity index is 1140. The van der Waals surface area contributed by atoms with Crippen LogP contribution in [0.4, 0.5) is 5.13 Å². The van der Waals surface area contributed by atoms with E-state index in [9.17, 15) is 4.79 Å². The van der Waals surface area contributed by atoms with Crippen molar-refractivity contribution in [3.05, 3.63) is 89.5 Å². The van der Waals surface area contributed by atoms with E-state index in [1.54, 1.807) is 23.1 Å². The van der Waals surface area contributed by atoms with Gasteiger partial charge in [-0.05, 0) is 42.0 Å². The molecule has 0 saturated carbocycles. The van der Waals surface area contributed by atoms with Gasteiger partial charge in [-0.3, -0.25) is 9.69 Å². The van der Waals surface area contributed by atoms with Crippen LogP contribution in [0.5, 0.6) is 0 Å². The Balaban J connectivity index is 1.81. The fraction of sp³-hybridized carbons (Fsp3) is 0.167. The molecule has 4 aromatic rings. The predicted octanol–water partition coefficient (Wildman–Crippen LogP) is 6.43. The summed E-state index contributed by atoms with van der Waals surface area (Å²) in [5.41, 5.74) is 4.00. The van der Waals surface area contributed by atoms with Crippen molar-refractivity contribution in [2.24, 2.45) is 0 Å². The van der Waals surface area contributed by atoms with Crippen molar-refractivity contribution in [2.75, 3.05) is 11.2 Å². The minimum atomic E-state index is -0.0177. The van der Waals surface area contributed by atoms with Gasteiger partial charge in [-0.15, -0.1) is 11.8 Å². The minimum Gasteiger partial charge on any atom is -0.279 e. The number of anilines is 1. The van der Waals surface area contributed by atoms with Crippen LogP contribution in [0, 0.1) is 0 Å². The van der Waals surface area contributed by atoms with Crippen molar-refractivity contribution in [3.63, 3.8) is 0 Å². The Hall–Kier alpha value is -2.63. The van der Waals surface area contributed by atoms with Crippen LogP contribution in [0.15, 0.2) is 77.7 Å². The van der Waals surface area contributed by atoms with Gasteiger partial charge >= 0.3 is 0 Å². The third-order valence-corrected chi connectivity index (χ3v) is 6.71. The summed E-state index contributed by atoms with van der Waals surface area (Å²) >= 11 is 3.17. The summed E-state index contributed by atoms with van der Waals surface area (Å²) in [6.45, 7) is 2.62. The highest BCUT2D eigenvalue weighted by molar-refractivity contribution is 7.98. The molecule has 0 saturated heterocycles. The highest BCUT2D eigenvalue weighted by Crippen LogP contribution is 2.33. The summed E-state index contributed by atoms with van der Waals surface area (Å²) in [5, 5.41) is 0.741. The van der Waals surface area contributed by atoms with Crippen molar-refractivity contribution >= 4 is 44.4 Å². The molecule has 3 aromatic carbocycles. The first-order chi connectivity index (χ1) is 14.2. The molecule has 1 aromatic heterocycles. The zero-order valence-corrected chi connectivity index (χ0v) is 18.1. The number of benzene rings is 3. The van der Waals surface area contributed by atoms with Gasteiger partial charge in [0.05, 0.1) is 22.3 Å². The number of amides is 1. The SMILES string of the molecule is CCc1cccc2sc(N(Cc3ccccc3)C(=O)c3ccccc3SC)nc12. The van der Waals surface area contributed by atoms with Crippen LogP contribution in [0.2, 0.25) is 0 Å². The number of para-hydroxylation sites is 1. The molecular formula is C24H22N2OS2. The second-order valence-electron chi connectivity index (χ2n) is 6.69. The second-order valence-corrected chi connectivity index (χ2v) is 8.55. The molecule has 0 spiro atoms. The van der Waals surface area contributed by atoms with Gasteiger partial charge in [0.25, 0.3) is 5.91 Å². The maximum absolute atomic E-state index is 13.6. The number of carbonyl (C=O) groups is 1. The van der Waals surface area contributed by atoms with Crippen LogP contribution in [-0.2, 0) is 13.0 Å². The zero-order valence-electron chi connectivity index (χ0n) is 16.5. The summed E-state index contributed by atoms with van der Waals surface area (Å²) in [7, 11) is 0. The number of nitrogens with zero attached hydrogens (tertiary/aromatic N) is 2. The zero-order chi connectivity index (χ0) is 20.2. The summed E-state index contributed by atoms with van der Waals surface area (Å²) in [4.78, 5) is 21.3. The van der Waals surface area contributed by atoms with E-state index in [2.05, 4.69) is 25.1 Å². The molecule has 0 atom stereocenters. The fourth-order valence-corrected chi connectivity index (χ4v) is 4.95. The molecule has 146 valence electrons. The maximum atomic E-state index is 13.6. The molecule has 4 rings (SSSR count). The third-order valence-electron chi connectivity index (χ3n) is 4.87. The number of aryl methyl sites for hydroxylation is 1. The minimum absolute atomic E-state index is 0.0177. The number of aromatic nitrogens is 1. The molecule has 0 unspecified atom stereocenters. The number of thiazole rings is 1. The lowest BCUT2D eigenvalue weighted by molar-refractivity contribution is 0.0982. The van der Waals surface area contributed by atoms with Gasteiger partial charge in [0.2, 0.25) is 0 Å². The molecule has 0 N–H and O–H groups in total. The molecule has 0 aliphatic heterocycles. The number of rotatable bonds is 6. The van der Waals surface area contributed by atoms with E-state index in [0.29, 0.717) is 12.1 Å². The van der Waals surface area contributed by atoms with Crippen molar-refractivity contribution in [2.45, 2.75) is 24.8 Å². The molecule has 0 radical (unpaired) electrons. The highest BCUT2D eigenvalue weighted by Gasteiger charge is 2.24. The summed E-state index contributed by atoms with van der Waals surface area (Å²) in [5.74, 6) is -0.0177. The van der Waals surface area contributed by atoms with Gasteiger partial charge < -0.3 is 0 Å². The van der Waals surface area contributed by atoms with Gasteiger partial charge in [-0.25, -0.2) is 4.98 Å². The number of hydrogen-bond donors (Lipinski definition) is 0. The molecule has 1 amide bonds. The Kier molecular flexibility index (Phi) is 5.97. The lowest BCUT2D eigenvalue weighted by atomic mass is 10.1. The van der Waals surface area contributed by atoms with Crippen LogP contribution in [0.25, 0.3) is 10.2 Å². The van der Waals surface area contributed by atoms with E-state index in [-0.39, 0.29) is 5.91 Å². The van der Waals surface area contributed by atoms with Crippen LogP contribution in [0.3, 0.4) is 0 Å². The van der Waals surface area contributed by atoms with Crippen LogP contribution in [0.1, 0.15) is 28.4 Å². The molecule has 1 heterocycles. The number of fused-ring (bicyclic) bond motifs is 1. The van der Waals surface area contributed by atoms with E-state index in [4.69, 9.17) is 4.98 Å². The van der Waals surface area contributed by atoms with Crippen molar-refractivity contribution in [1.82, 2.24) is 4.98 Å². The monoisotopic (exact) mass is 418 g/mol. The molecule has 0 aliphatic rings. The molecular weight excluding hydrogens is 396 g/mol. The van der Waals surface area contributed by atoms with Crippen molar-refractivity contribution < 1.29 is 4.79 Å². The fourth-order valence-electron chi connectivity index (χ4n) is 3.35. The first-order valence-electron chi connectivity index (χ1n) is 9.58. The van der Waals surface area contributed by atoms with Crippen LogP contribution in [-0.4, -0.2) is 17.1 Å². The first kappa shape index (κ1) is 19.7. The van der Waals surface area contributed by atoms with Gasteiger partial charge in [0.1, 0.15) is 0 Å². The average Bonchev–Trinajstić information content (AvgIpc) is 3.21. The summed E-state index contributed by atoms with van der Waals surface area (Å²) in [6, 6.07) is 24.1. The Morgan fingerprint density at radius 1 is 1.00 bits per heavy atom. The molecule has 29 heavy (non-hydrogen) atoms. The maximum Gasteiger partial charge on any atom is 0.261 e. The lowest BCUT2D eigenvalue weighted by Crippen LogP contribution is -2.30. The van der Waals surface area contributed by atoms with E-state index in [0.717, 1.165) is 32.2 Å². The quantitative estimate of drug-likeness (QED) is 0.338. The number of carbonyl (C=O) groups excluding carboxylic acids is 1. The highest BCUT2D eigenvalue weighted by atomic mass is 32.2. The van der Waals surface area contributed by atoms with Gasteiger partial charge in [-0.1, -0.05) is 72.9 Å². The number of hydrogen-bond acceptors (Lipinski definition) is 4. The largest absolute Gasteiger partial charge is 0.279 e. The van der Waals surface area contributed by atoms with Crippen LogP contribution < -0.4 is 4.90 Å². The molecule has 0 bridgehead atoms. The average molecular weight is 419 g/mol. The van der Waals surface area contributed by atoms with E-state index in [1.807, 2.05) is 65.8 Å². The topological polar surface area (TPSA) is 33.2 Å². The molecule has 0 aliphatic carbocycles. The van der Waals surface area contributed by atoms with E-state index >= 15 is 0 Å². The Labute approximate surface area is 179 Å². The van der Waals surface area contributed by atoms with Gasteiger partial charge in [0.15, 0.2) is 5.13 Å². The molecule has 5 heteroatoms. The smallest absolute Gasteiger partial charge is 0.261 e. The second kappa shape index (κ2) is 8.80. The normalized spacial score (nSPS) is 11.0. The molecule has 0 fully saturated rings. The van der Waals surface area contributed by atoms with Crippen molar-refractivity contribution in [3.8, 4) is 0 Å². The van der Waals surface area contributed by atoms with Gasteiger partial charge in [-0.2, -0.15) is 0 Å². The third kappa shape index (κ3) is 4.07. The lowest BCUT2D eigenvalue weighted by Gasteiger charge is -2.21. The predicted molar refractivity (Wildman–Crippen MR) is 124 cm³/mol. The van der Waals surface area contributed by atoms with Crippen LogP contribution >= 0.6 is 23.1 Å². The number of thioether (sulfide) groups is 1. The standard InChI is InChI=1S/C24H22N2OS2/c1-3-18-12-9-15-21-22(18)25-24(29-21)26(16-17-10-5-4-6-11-17)23(27)19-13-7-8-14-20(19)28-2/h4-15H,3,16H2,1-2H3. The van der Waals surface area contributed by atoms with E-state index in [1.165, 1.54) is 5.56 Å². The van der Waals surface area contributed by atoms with Crippen molar-refractivity contribution in [1.29, 1.82) is 0 Å². The van der Waals surface area contributed by atoms with Gasteiger partial charge in [0, 0.05) is 4.90 Å². The molecule has 3 nitrogen and oxygen atoms in total. The Morgan fingerprint density at radius 2 is 1.76 bits per heavy atom. The first-order valence-corrected chi connectivity index (χ1v) is 11.6. The summed E-state index contributed by atoms with van der Waals surface area (Å²) in [6.07, 6.45) is 2.92. The van der Waals surface area contributed by atoms with E-state index < -0.39 is 0 Å².